The number of hydrogen-bond acceptors (Lipinski definition) is 1. The van der Waals surface area contributed by atoms with Gasteiger partial charge in [-0.3, -0.25) is 0 Å². The van der Waals surface area contributed by atoms with E-state index in [1.807, 2.05) is 42.5 Å². The van der Waals surface area contributed by atoms with Crippen molar-refractivity contribution in [2.75, 3.05) is 10.6 Å². The average Bonchev–Trinajstić information content (AvgIpc) is 2.41. The van der Waals surface area contributed by atoms with Crippen LogP contribution >= 0.6 is 23.8 Å². The van der Waals surface area contributed by atoms with Gasteiger partial charge in [0.2, 0.25) is 0 Å². The lowest BCUT2D eigenvalue weighted by atomic mass is 9.86. The summed E-state index contributed by atoms with van der Waals surface area (Å²) in [6, 6.07) is 15.7. The number of hydrogen-bond donors (Lipinski definition) is 2. The summed E-state index contributed by atoms with van der Waals surface area (Å²) in [5, 5.41) is 7.55. The molecule has 2 aromatic carbocycles. The Morgan fingerprint density at radius 2 is 1.43 bits per heavy atom. The Balaban J connectivity index is 2.16. The van der Waals surface area contributed by atoms with Crippen molar-refractivity contribution in [3.05, 3.63) is 59.1 Å². The van der Waals surface area contributed by atoms with Gasteiger partial charge in [-0.05, 0) is 41.4 Å². The normalized spacial score (nSPS) is 11.0. The Morgan fingerprint density at radius 1 is 0.905 bits per heavy atom. The summed E-state index contributed by atoms with van der Waals surface area (Å²) in [5.74, 6) is 0. The van der Waals surface area contributed by atoms with Crippen LogP contribution in [0.3, 0.4) is 0 Å². The minimum atomic E-state index is 0.0452. The van der Waals surface area contributed by atoms with E-state index >= 15 is 0 Å². The molecule has 110 valence electrons. The molecule has 0 saturated carbocycles. The highest BCUT2D eigenvalue weighted by molar-refractivity contribution is 7.80. The molecule has 0 fully saturated rings. The van der Waals surface area contributed by atoms with Gasteiger partial charge in [-0.15, -0.1) is 0 Å². The van der Waals surface area contributed by atoms with Gasteiger partial charge in [-0.25, -0.2) is 0 Å². The van der Waals surface area contributed by atoms with Crippen molar-refractivity contribution in [1.29, 1.82) is 0 Å². The third-order valence-corrected chi connectivity index (χ3v) is 3.64. The monoisotopic (exact) mass is 318 g/mol. The third-order valence-electron chi connectivity index (χ3n) is 3.11. The second-order valence-corrected chi connectivity index (χ2v) is 6.67. The molecule has 0 atom stereocenters. The minimum Gasteiger partial charge on any atom is -0.332 e. The smallest absolute Gasteiger partial charge is 0.175 e. The molecule has 0 aliphatic carbocycles. The van der Waals surface area contributed by atoms with E-state index in [0.717, 1.165) is 11.4 Å². The molecule has 4 heteroatoms. The van der Waals surface area contributed by atoms with Gasteiger partial charge in [0, 0.05) is 5.69 Å². The van der Waals surface area contributed by atoms with E-state index in [9.17, 15) is 0 Å². The second-order valence-electron chi connectivity index (χ2n) is 5.85. The average molecular weight is 319 g/mol. The van der Waals surface area contributed by atoms with Crippen molar-refractivity contribution in [3.8, 4) is 0 Å². The maximum Gasteiger partial charge on any atom is 0.175 e. The van der Waals surface area contributed by atoms with Crippen LogP contribution in [0.4, 0.5) is 11.4 Å². The van der Waals surface area contributed by atoms with Gasteiger partial charge in [0.05, 0.1) is 10.7 Å². The van der Waals surface area contributed by atoms with Crippen molar-refractivity contribution >= 4 is 40.3 Å². The molecular formula is C17H19ClN2S. The maximum atomic E-state index is 6.13. The van der Waals surface area contributed by atoms with E-state index in [1.54, 1.807) is 0 Å². The highest BCUT2D eigenvalue weighted by atomic mass is 35.5. The predicted molar refractivity (Wildman–Crippen MR) is 96.4 cm³/mol. The molecule has 0 saturated heterocycles. The molecule has 2 N–H and O–H groups in total. The van der Waals surface area contributed by atoms with E-state index in [1.165, 1.54) is 5.56 Å². The zero-order valence-corrected chi connectivity index (χ0v) is 14.0. The number of halogens is 1. The fourth-order valence-electron chi connectivity index (χ4n) is 2.08. The first-order valence-electron chi connectivity index (χ1n) is 6.80. The van der Waals surface area contributed by atoms with Crippen LogP contribution in [-0.2, 0) is 5.41 Å². The van der Waals surface area contributed by atoms with Gasteiger partial charge >= 0.3 is 0 Å². The first-order valence-corrected chi connectivity index (χ1v) is 7.58. The van der Waals surface area contributed by atoms with Crippen molar-refractivity contribution in [2.24, 2.45) is 0 Å². The summed E-state index contributed by atoms with van der Waals surface area (Å²) in [7, 11) is 0. The van der Waals surface area contributed by atoms with E-state index in [2.05, 4.69) is 37.5 Å². The lowest BCUT2D eigenvalue weighted by Gasteiger charge is -2.23. The maximum absolute atomic E-state index is 6.13. The molecule has 0 aromatic heterocycles. The Labute approximate surface area is 136 Å². The molecule has 0 radical (unpaired) electrons. The van der Waals surface area contributed by atoms with Crippen molar-refractivity contribution in [3.63, 3.8) is 0 Å². The van der Waals surface area contributed by atoms with Crippen LogP contribution in [0, 0.1) is 0 Å². The van der Waals surface area contributed by atoms with Crippen LogP contribution < -0.4 is 10.6 Å². The van der Waals surface area contributed by atoms with E-state index in [-0.39, 0.29) is 5.41 Å². The first kappa shape index (κ1) is 15.8. The Bertz CT molecular complexity index is 647. The van der Waals surface area contributed by atoms with Gasteiger partial charge in [0.25, 0.3) is 0 Å². The molecule has 0 spiro atoms. The fourth-order valence-corrected chi connectivity index (χ4v) is 2.49. The van der Waals surface area contributed by atoms with Crippen LogP contribution in [0.15, 0.2) is 48.5 Å². The first-order chi connectivity index (χ1) is 9.88. The Kier molecular flexibility index (Phi) is 4.86. The van der Waals surface area contributed by atoms with Crippen LogP contribution in [-0.4, -0.2) is 5.11 Å². The van der Waals surface area contributed by atoms with E-state index < -0.39 is 0 Å². The fraction of sp³-hybridized carbons (Fsp3) is 0.235. The highest BCUT2D eigenvalue weighted by Crippen LogP contribution is 2.29. The summed E-state index contributed by atoms with van der Waals surface area (Å²) in [6.07, 6.45) is 0. The predicted octanol–water partition coefficient (Wildman–Crippen LogP) is 5.45. The van der Waals surface area contributed by atoms with Crippen molar-refractivity contribution in [2.45, 2.75) is 26.2 Å². The molecule has 0 bridgehead atoms. The topological polar surface area (TPSA) is 24.1 Å². The number of benzene rings is 2. The number of anilines is 2. The Morgan fingerprint density at radius 3 is 2.05 bits per heavy atom. The van der Waals surface area contributed by atoms with Crippen molar-refractivity contribution < 1.29 is 0 Å². The van der Waals surface area contributed by atoms with Gasteiger partial charge in [-0.2, -0.15) is 0 Å². The standard InChI is InChI=1S/C17H19ClN2S/c1-17(2,3)12-8-4-6-10-14(12)19-16(21)20-15-11-7-5-9-13(15)18/h4-11H,1-3H3,(H2,19,20,21). The summed E-state index contributed by atoms with van der Waals surface area (Å²) in [6.45, 7) is 6.54. The molecule has 2 aromatic rings. The molecule has 0 heterocycles. The molecule has 0 aliphatic heterocycles. The van der Waals surface area contributed by atoms with E-state index in [0.29, 0.717) is 10.1 Å². The zero-order valence-electron chi connectivity index (χ0n) is 12.4. The van der Waals surface area contributed by atoms with Gasteiger partial charge in [-0.1, -0.05) is 62.7 Å². The largest absolute Gasteiger partial charge is 0.332 e. The molecule has 0 amide bonds. The quantitative estimate of drug-likeness (QED) is 0.720. The van der Waals surface area contributed by atoms with Gasteiger partial charge in [0.1, 0.15) is 0 Å². The molecule has 21 heavy (non-hydrogen) atoms. The van der Waals surface area contributed by atoms with Crippen molar-refractivity contribution in [1.82, 2.24) is 0 Å². The summed E-state index contributed by atoms with van der Waals surface area (Å²) >= 11 is 11.5. The zero-order chi connectivity index (χ0) is 15.5. The minimum absolute atomic E-state index is 0.0452. The lowest BCUT2D eigenvalue weighted by molar-refractivity contribution is 0.592. The summed E-state index contributed by atoms with van der Waals surface area (Å²) in [5.41, 5.74) is 3.07. The van der Waals surface area contributed by atoms with Gasteiger partial charge < -0.3 is 10.6 Å². The number of rotatable bonds is 2. The number of nitrogens with one attached hydrogen (secondary N) is 2. The molecule has 0 aliphatic rings. The van der Waals surface area contributed by atoms with Crippen LogP contribution in [0.5, 0.6) is 0 Å². The highest BCUT2D eigenvalue weighted by Gasteiger charge is 2.17. The van der Waals surface area contributed by atoms with Crippen LogP contribution in [0.2, 0.25) is 5.02 Å². The molecule has 2 nitrogen and oxygen atoms in total. The third kappa shape index (κ3) is 4.19. The Hall–Kier alpha value is -1.58. The molecule has 0 unspecified atom stereocenters. The number of para-hydroxylation sites is 2. The SMILES string of the molecule is CC(C)(C)c1ccccc1NC(=S)Nc1ccccc1Cl. The van der Waals surface area contributed by atoms with Gasteiger partial charge in [0.15, 0.2) is 5.11 Å². The van der Waals surface area contributed by atoms with Crippen LogP contribution in [0.25, 0.3) is 0 Å². The number of thiocarbonyl (C=S) groups is 1. The summed E-state index contributed by atoms with van der Waals surface area (Å²) < 4.78 is 0. The molecule has 2 rings (SSSR count). The van der Waals surface area contributed by atoms with E-state index in [4.69, 9.17) is 23.8 Å². The molecular weight excluding hydrogens is 300 g/mol. The summed E-state index contributed by atoms with van der Waals surface area (Å²) in [4.78, 5) is 0. The lowest BCUT2D eigenvalue weighted by Crippen LogP contribution is -2.22. The van der Waals surface area contributed by atoms with Crippen LogP contribution in [0.1, 0.15) is 26.3 Å². The second kappa shape index (κ2) is 6.46.